The van der Waals surface area contributed by atoms with Gasteiger partial charge in [-0.15, -0.1) is 0 Å². The van der Waals surface area contributed by atoms with E-state index in [4.69, 9.17) is 10.5 Å². The molecule has 0 aliphatic rings. The van der Waals surface area contributed by atoms with E-state index in [1.807, 2.05) is 0 Å². The van der Waals surface area contributed by atoms with Gasteiger partial charge >= 0.3 is 0 Å². The number of nitrogens with zero attached hydrogens (tertiary/aromatic N) is 1. The number of rotatable bonds is 3. The topological polar surface area (TPSA) is 77.2 Å². The van der Waals surface area contributed by atoms with E-state index in [0.717, 1.165) is 6.07 Å². The first-order chi connectivity index (χ1) is 9.11. The molecule has 19 heavy (non-hydrogen) atoms. The van der Waals surface area contributed by atoms with E-state index in [9.17, 15) is 9.18 Å². The summed E-state index contributed by atoms with van der Waals surface area (Å²) in [5.41, 5.74) is 6.29. The Kier molecular flexibility index (Phi) is 3.61. The van der Waals surface area contributed by atoms with Crippen LogP contribution in [0.1, 0.15) is 10.5 Å². The highest BCUT2D eigenvalue weighted by atomic mass is 19.1. The van der Waals surface area contributed by atoms with Gasteiger partial charge in [0.25, 0.3) is 5.91 Å². The van der Waals surface area contributed by atoms with Crippen LogP contribution in [0.5, 0.6) is 5.75 Å². The fourth-order valence-electron chi connectivity index (χ4n) is 1.54. The summed E-state index contributed by atoms with van der Waals surface area (Å²) in [5, 5.41) is 2.51. The number of anilines is 2. The van der Waals surface area contributed by atoms with Gasteiger partial charge in [-0.25, -0.2) is 9.37 Å². The normalized spacial score (nSPS) is 10.0. The molecule has 0 aliphatic carbocycles. The van der Waals surface area contributed by atoms with E-state index in [1.54, 1.807) is 12.1 Å². The highest BCUT2D eigenvalue weighted by Gasteiger charge is 2.12. The van der Waals surface area contributed by atoms with Gasteiger partial charge in [0.05, 0.1) is 12.8 Å². The highest BCUT2D eigenvalue weighted by Crippen LogP contribution is 2.21. The van der Waals surface area contributed by atoms with Crippen molar-refractivity contribution in [2.75, 3.05) is 18.2 Å². The maximum Gasteiger partial charge on any atom is 0.276 e. The molecule has 0 radical (unpaired) electrons. The van der Waals surface area contributed by atoms with Gasteiger partial charge in [-0.1, -0.05) is 0 Å². The lowest BCUT2D eigenvalue weighted by molar-refractivity contribution is 0.102. The van der Waals surface area contributed by atoms with Crippen molar-refractivity contribution in [2.24, 2.45) is 0 Å². The molecule has 6 heteroatoms. The van der Waals surface area contributed by atoms with Gasteiger partial charge in [-0.05, 0) is 24.3 Å². The Morgan fingerprint density at radius 1 is 1.42 bits per heavy atom. The zero-order chi connectivity index (χ0) is 13.8. The number of ether oxygens (including phenoxy) is 1. The van der Waals surface area contributed by atoms with Crippen molar-refractivity contribution in [3.63, 3.8) is 0 Å². The molecule has 5 nitrogen and oxygen atoms in total. The molecule has 2 aromatic rings. The Bertz CT molecular complexity index is 617. The monoisotopic (exact) mass is 261 g/mol. The van der Waals surface area contributed by atoms with Gasteiger partial charge in [0.2, 0.25) is 0 Å². The molecule has 0 saturated heterocycles. The quantitative estimate of drug-likeness (QED) is 0.886. The number of methoxy groups -OCH3 is 1. The van der Waals surface area contributed by atoms with Crippen molar-refractivity contribution in [1.29, 1.82) is 0 Å². The van der Waals surface area contributed by atoms with Crippen LogP contribution in [0.3, 0.4) is 0 Å². The summed E-state index contributed by atoms with van der Waals surface area (Å²) in [6, 6.07) is 7.30. The molecule has 0 saturated carbocycles. The van der Waals surface area contributed by atoms with Crippen LogP contribution in [0.4, 0.5) is 15.8 Å². The number of hydrogen-bond donors (Lipinski definition) is 2. The van der Waals surface area contributed by atoms with Crippen LogP contribution < -0.4 is 15.8 Å². The van der Waals surface area contributed by atoms with Gasteiger partial charge in [-0.2, -0.15) is 0 Å². The third kappa shape index (κ3) is 2.79. The molecule has 1 aromatic carbocycles. The smallest absolute Gasteiger partial charge is 0.276 e. The summed E-state index contributed by atoms with van der Waals surface area (Å²) < 4.78 is 18.3. The largest absolute Gasteiger partial charge is 0.494 e. The van der Waals surface area contributed by atoms with E-state index in [2.05, 4.69) is 10.3 Å². The Hall–Kier alpha value is -2.63. The van der Waals surface area contributed by atoms with Gasteiger partial charge in [0.1, 0.15) is 0 Å². The number of pyridine rings is 1. The zero-order valence-corrected chi connectivity index (χ0v) is 10.2. The van der Waals surface area contributed by atoms with Crippen LogP contribution in [-0.2, 0) is 0 Å². The molecule has 0 bridgehead atoms. The predicted octanol–water partition coefficient (Wildman–Crippen LogP) is 2.06. The molecule has 1 heterocycles. The number of nitrogens with two attached hydrogens (primary N) is 1. The number of carbonyl (C=O) groups is 1. The van der Waals surface area contributed by atoms with Crippen molar-refractivity contribution in [2.45, 2.75) is 0 Å². The fraction of sp³-hybridized carbons (Fsp3) is 0.0769. The molecule has 0 unspecified atom stereocenters. The molecule has 1 amide bonds. The molecular formula is C13H12FN3O2. The SMILES string of the molecule is COc1ccc(NC(=O)c2ncccc2N)cc1F. The maximum absolute atomic E-state index is 13.5. The number of carbonyl (C=O) groups excluding carboxylic acids is 1. The lowest BCUT2D eigenvalue weighted by Gasteiger charge is -2.08. The average molecular weight is 261 g/mol. The third-order valence-electron chi connectivity index (χ3n) is 2.46. The van der Waals surface area contributed by atoms with Crippen LogP contribution in [0.25, 0.3) is 0 Å². The number of halogens is 1. The number of nitrogen functional groups attached to an aromatic ring is 1. The third-order valence-corrected chi connectivity index (χ3v) is 2.46. The first kappa shape index (κ1) is 12.8. The van der Waals surface area contributed by atoms with E-state index in [1.165, 1.54) is 25.4 Å². The molecule has 0 atom stereocenters. The minimum Gasteiger partial charge on any atom is -0.494 e. The summed E-state index contributed by atoms with van der Waals surface area (Å²) in [4.78, 5) is 15.8. The van der Waals surface area contributed by atoms with E-state index in [-0.39, 0.29) is 17.1 Å². The van der Waals surface area contributed by atoms with Crippen LogP contribution in [0.15, 0.2) is 36.5 Å². The molecule has 2 rings (SSSR count). The van der Waals surface area contributed by atoms with Crippen LogP contribution in [0, 0.1) is 5.82 Å². The first-order valence-electron chi connectivity index (χ1n) is 5.47. The van der Waals surface area contributed by atoms with E-state index >= 15 is 0 Å². The fourth-order valence-corrected chi connectivity index (χ4v) is 1.54. The van der Waals surface area contributed by atoms with Crippen molar-refractivity contribution in [3.05, 3.63) is 48.0 Å². The van der Waals surface area contributed by atoms with Crippen molar-refractivity contribution in [3.8, 4) is 5.75 Å². The Morgan fingerprint density at radius 2 is 2.21 bits per heavy atom. The van der Waals surface area contributed by atoms with Gasteiger partial charge < -0.3 is 15.8 Å². The Balaban J connectivity index is 2.20. The second kappa shape index (κ2) is 5.34. The molecule has 98 valence electrons. The number of benzene rings is 1. The summed E-state index contributed by atoms with van der Waals surface area (Å²) >= 11 is 0. The second-order valence-corrected chi connectivity index (χ2v) is 3.74. The zero-order valence-electron chi connectivity index (χ0n) is 10.2. The number of amides is 1. The van der Waals surface area contributed by atoms with Crippen LogP contribution >= 0.6 is 0 Å². The predicted molar refractivity (Wildman–Crippen MR) is 69.6 cm³/mol. The molecular weight excluding hydrogens is 249 g/mol. The summed E-state index contributed by atoms with van der Waals surface area (Å²) in [5.74, 6) is -0.952. The standard InChI is InChI=1S/C13H12FN3O2/c1-19-11-5-4-8(7-9(11)14)17-13(18)12-10(15)3-2-6-16-12/h2-7H,15H2,1H3,(H,17,18). The molecule has 0 fully saturated rings. The average Bonchev–Trinajstić information content (AvgIpc) is 2.39. The lowest BCUT2D eigenvalue weighted by atomic mass is 10.2. The molecule has 1 aromatic heterocycles. The second-order valence-electron chi connectivity index (χ2n) is 3.74. The molecule has 0 aliphatic heterocycles. The summed E-state index contributed by atoms with van der Waals surface area (Å²) in [6.07, 6.45) is 1.46. The van der Waals surface area contributed by atoms with Crippen molar-refractivity contribution in [1.82, 2.24) is 4.98 Å². The van der Waals surface area contributed by atoms with Crippen molar-refractivity contribution >= 4 is 17.3 Å². The number of hydrogen-bond acceptors (Lipinski definition) is 4. The van der Waals surface area contributed by atoms with Gasteiger partial charge in [-0.3, -0.25) is 4.79 Å². The summed E-state index contributed by atoms with van der Waals surface area (Å²) in [6.45, 7) is 0. The Labute approximate surface area is 109 Å². The molecule has 3 N–H and O–H groups in total. The van der Waals surface area contributed by atoms with Crippen LogP contribution in [-0.4, -0.2) is 18.0 Å². The van der Waals surface area contributed by atoms with E-state index < -0.39 is 11.7 Å². The minimum atomic E-state index is -0.561. The first-order valence-corrected chi connectivity index (χ1v) is 5.47. The van der Waals surface area contributed by atoms with Crippen molar-refractivity contribution < 1.29 is 13.9 Å². The lowest BCUT2D eigenvalue weighted by Crippen LogP contribution is -2.15. The maximum atomic E-state index is 13.5. The van der Waals surface area contributed by atoms with E-state index in [0.29, 0.717) is 5.69 Å². The van der Waals surface area contributed by atoms with Crippen LogP contribution in [0.2, 0.25) is 0 Å². The highest BCUT2D eigenvalue weighted by molar-refractivity contribution is 6.06. The van der Waals surface area contributed by atoms with Gasteiger partial charge in [0.15, 0.2) is 17.3 Å². The minimum absolute atomic E-state index is 0.0960. The Morgan fingerprint density at radius 3 is 2.84 bits per heavy atom. The number of nitrogens with one attached hydrogen (secondary N) is 1. The number of aromatic nitrogens is 1. The van der Waals surface area contributed by atoms with Gasteiger partial charge in [0, 0.05) is 18.0 Å². The summed E-state index contributed by atoms with van der Waals surface area (Å²) in [7, 11) is 1.37. The molecule has 0 spiro atoms.